The minimum atomic E-state index is -1.81. The number of benzene rings is 2. The molecule has 200 valence electrons. The first-order valence-corrected chi connectivity index (χ1v) is 12.6. The zero-order chi connectivity index (χ0) is 27.4. The first-order chi connectivity index (χ1) is 18.9. The van der Waals surface area contributed by atoms with Crippen molar-refractivity contribution in [3.8, 4) is 22.8 Å². The van der Waals surface area contributed by atoms with E-state index >= 15 is 0 Å². The highest BCUT2D eigenvalue weighted by molar-refractivity contribution is 6.30. The van der Waals surface area contributed by atoms with E-state index in [4.69, 9.17) is 31.5 Å². The number of rotatable bonds is 9. The van der Waals surface area contributed by atoms with Crippen LogP contribution in [0.25, 0.3) is 17.1 Å². The van der Waals surface area contributed by atoms with Gasteiger partial charge in [0.15, 0.2) is 5.82 Å². The first-order valence-electron chi connectivity index (χ1n) is 12.2. The average molecular weight is 548 g/mol. The summed E-state index contributed by atoms with van der Waals surface area (Å²) in [6.45, 7) is 0.346. The van der Waals surface area contributed by atoms with Gasteiger partial charge in [0.1, 0.15) is 5.75 Å². The Bertz CT molecular complexity index is 1490. The second kappa shape index (κ2) is 11.2. The van der Waals surface area contributed by atoms with Gasteiger partial charge in [-0.25, -0.2) is 9.67 Å². The van der Waals surface area contributed by atoms with Crippen LogP contribution in [0, 0.1) is 0 Å². The molecule has 1 fully saturated rings. The van der Waals surface area contributed by atoms with Crippen LogP contribution in [0.4, 0.5) is 0 Å². The number of pyridine rings is 1. The predicted molar refractivity (Wildman–Crippen MR) is 144 cm³/mol. The minimum absolute atomic E-state index is 0.173. The lowest BCUT2D eigenvalue weighted by Crippen LogP contribution is -2.61. The number of primary amides is 1. The molecule has 1 aliphatic heterocycles. The fraction of sp³-hybridized carbons (Fsp3) is 0.214. The van der Waals surface area contributed by atoms with E-state index in [-0.39, 0.29) is 31.0 Å². The van der Waals surface area contributed by atoms with Crippen molar-refractivity contribution >= 4 is 23.4 Å². The van der Waals surface area contributed by atoms with Gasteiger partial charge >= 0.3 is 0 Å². The molecule has 0 bridgehead atoms. The Balaban J connectivity index is 1.47. The highest BCUT2D eigenvalue weighted by Crippen LogP contribution is 2.32. The highest BCUT2D eigenvalue weighted by atomic mass is 35.5. The zero-order valence-electron chi connectivity index (χ0n) is 21.0. The van der Waals surface area contributed by atoms with E-state index < -0.39 is 23.6 Å². The van der Waals surface area contributed by atoms with Gasteiger partial charge < -0.3 is 25.3 Å². The van der Waals surface area contributed by atoms with Gasteiger partial charge in [-0.05, 0) is 48.4 Å². The predicted octanol–water partition coefficient (Wildman–Crippen LogP) is 3.17. The summed E-state index contributed by atoms with van der Waals surface area (Å²) in [6.07, 6.45) is 3.50. The van der Waals surface area contributed by atoms with Crippen molar-refractivity contribution in [1.82, 2.24) is 20.1 Å². The molecule has 39 heavy (non-hydrogen) atoms. The molecule has 0 radical (unpaired) electrons. The molecule has 5 rings (SSSR count). The van der Waals surface area contributed by atoms with E-state index in [1.165, 1.54) is 4.68 Å². The van der Waals surface area contributed by atoms with Crippen molar-refractivity contribution in [2.45, 2.75) is 18.2 Å². The van der Waals surface area contributed by atoms with Crippen molar-refractivity contribution in [3.05, 3.63) is 95.3 Å². The second-order valence-corrected chi connectivity index (χ2v) is 9.25. The van der Waals surface area contributed by atoms with Crippen LogP contribution < -0.4 is 15.8 Å². The summed E-state index contributed by atoms with van der Waals surface area (Å²) < 4.78 is 18.4. The molecule has 2 aromatic carbocycles. The summed E-state index contributed by atoms with van der Waals surface area (Å²) in [4.78, 5) is 30.6. The molecule has 1 atom stereocenters. The fourth-order valence-corrected chi connectivity index (χ4v) is 4.69. The van der Waals surface area contributed by atoms with Gasteiger partial charge in [0.05, 0.1) is 37.6 Å². The maximum Gasteiger partial charge on any atom is 0.280 e. The van der Waals surface area contributed by atoms with E-state index in [2.05, 4.69) is 15.4 Å². The second-order valence-electron chi connectivity index (χ2n) is 8.81. The Kier molecular flexibility index (Phi) is 7.60. The fourth-order valence-electron chi connectivity index (χ4n) is 4.53. The molecule has 1 aliphatic rings. The van der Waals surface area contributed by atoms with Crippen LogP contribution in [0.1, 0.15) is 15.9 Å². The van der Waals surface area contributed by atoms with Crippen LogP contribution in [0.2, 0.25) is 5.02 Å². The summed E-state index contributed by atoms with van der Waals surface area (Å²) in [6, 6.07) is 18.8. The third-order valence-corrected chi connectivity index (χ3v) is 6.62. The van der Waals surface area contributed by atoms with Crippen LogP contribution in [-0.2, 0) is 20.7 Å². The lowest BCUT2D eigenvalue weighted by atomic mass is 9.97. The molecule has 2 amide bonds. The number of ether oxygens (including phenoxy) is 3. The number of aromatic nitrogens is 3. The number of carbonyl (C=O) groups excluding carboxylic acids is 2. The van der Waals surface area contributed by atoms with E-state index in [0.29, 0.717) is 16.5 Å². The summed E-state index contributed by atoms with van der Waals surface area (Å²) in [5, 5.41) is 8.07. The van der Waals surface area contributed by atoms with Gasteiger partial charge in [-0.15, -0.1) is 0 Å². The monoisotopic (exact) mass is 547 g/mol. The van der Waals surface area contributed by atoms with Gasteiger partial charge in [-0.1, -0.05) is 41.9 Å². The molecule has 2 aromatic heterocycles. The van der Waals surface area contributed by atoms with Crippen LogP contribution >= 0.6 is 11.6 Å². The number of carbonyl (C=O) groups is 2. The SMILES string of the molecule is COc1cc(Cl)ccc1-c1ccn(-c2ncccc2C(=O)NC(Cc2ccccc2)C2(C(N)=O)OCCO2)n1. The third-order valence-electron chi connectivity index (χ3n) is 6.38. The van der Waals surface area contributed by atoms with Gasteiger partial charge in [0, 0.05) is 23.0 Å². The van der Waals surface area contributed by atoms with Gasteiger partial charge in [0.2, 0.25) is 0 Å². The Morgan fingerprint density at radius 3 is 2.62 bits per heavy atom. The maximum atomic E-state index is 13.7. The molecule has 0 spiro atoms. The minimum Gasteiger partial charge on any atom is -0.496 e. The summed E-state index contributed by atoms with van der Waals surface area (Å²) >= 11 is 6.10. The summed E-state index contributed by atoms with van der Waals surface area (Å²) in [7, 11) is 1.55. The van der Waals surface area contributed by atoms with E-state index in [9.17, 15) is 9.59 Å². The Morgan fingerprint density at radius 2 is 1.90 bits per heavy atom. The quantitative estimate of drug-likeness (QED) is 0.329. The molecule has 1 unspecified atom stereocenters. The molecular formula is C28H26ClN5O5. The van der Waals surface area contributed by atoms with E-state index in [1.807, 2.05) is 30.3 Å². The topological polar surface area (TPSA) is 131 Å². The molecule has 3 N–H and O–H groups in total. The number of nitrogens with zero attached hydrogens (tertiary/aromatic N) is 3. The Hall–Kier alpha value is -4.25. The van der Waals surface area contributed by atoms with Gasteiger partial charge in [-0.2, -0.15) is 5.10 Å². The van der Waals surface area contributed by atoms with Crippen LogP contribution in [0.15, 0.2) is 79.1 Å². The Labute approximate surface area is 229 Å². The first kappa shape index (κ1) is 26.4. The standard InChI is InChI=1S/C28H26ClN5O5/c1-37-23-17-19(29)9-10-20(23)22-11-13-34(33-22)25-21(8-5-12-31-25)26(35)32-24(16-18-6-3-2-4-7-18)28(27(30)36)38-14-15-39-28/h2-13,17,24H,14-16H2,1H3,(H2,30,36)(H,32,35). The van der Waals surface area contributed by atoms with Gasteiger partial charge in [0.25, 0.3) is 17.6 Å². The van der Waals surface area contributed by atoms with Crippen LogP contribution in [0.3, 0.4) is 0 Å². The molecule has 10 nitrogen and oxygen atoms in total. The lowest BCUT2D eigenvalue weighted by molar-refractivity contribution is -0.189. The van der Waals surface area contributed by atoms with Crippen LogP contribution in [-0.4, -0.2) is 58.7 Å². The van der Waals surface area contributed by atoms with E-state index in [0.717, 1.165) is 11.1 Å². The number of amides is 2. The van der Waals surface area contributed by atoms with Crippen molar-refractivity contribution < 1.29 is 23.8 Å². The van der Waals surface area contributed by atoms with Crippen LogP contribution in [0.5, 0.6) is 5.75 Å². The van der Waals surface area contributed by atoms with Gasteiger partial charge in [-0.3, -0.25) is 9.59 Å². The smallest absolute Gasteiger partial charge is 0.280 e. The molecule has 4 aromatic rings. The molecule has 3 heterocycles. The summed E-state index contributed by atoms with van der Waals surface area (Å²) in [5.41, 5.74) is 8.15. The molecule has 0 aliphatic carbocycles. The lowest BCUT2D eigenvalue weighted by Gasteiger charge is -2.33. The largest absolute Gasteiger partial charge is 0.496 e. The highest BCUT2D eigenvalue weighted by Gasteiger charge is 2.51. The number of halogens is 1. The number of methoxy groups -OCH3 is 1. The molecule has 0 saturated carbocycles. The Morgan fingerprint density at radius 1 is 1.13 bits per heavy atom. The third kappa shape index (κ3) is 5.35. The number of hydrogen-bond donors (Lipinski definition) is 2. The maximum absolute atomic E-state index is 13.7. The zero-order valence-corrected chi connectivity index (χ0v) is 21.8. The molecule has 11 heteroatoms. The van der Waals surface area contributed by atoms with Crippen molar-refractivity contribution in [2.75, 3.05) is 20.3 Å². The van der Waals surface area contributed by atoms with E-state index in [1.54, 1.807) is 55.9 Å². The average Bonchev–Trinajstić information content (AvgIpc) is 3.64. The molecule has 1 saturated heterocycles. The number of nitrogens with two attached hydrogens (primary N) is 1. The summed E-state index contributed by atoms with van der Waals surface area (Å²) in [5.74, 6) is -2.28. The normalized spacial score (nSPS) is 15.0. The van der Waals surface area contributed by atoms with Crippen molar-refractivity contribution in [3.63, 3.8) is 0 Å². The van der Waals surface area contributed by atoms with Crippen molar-refractivity contribution in [1.29, 1.82) is 0 Å². The molecular weight excluding hydrogens is 522 g/mol. The number of nitrogens with one attached hydrogen (secondary N) is 1. The number of hydrogen-bond acceptors (Lipinski definition) is 7. The van der Waals surface area contributed by atoms with Crippen molar-refractivity contribution in [2.24, 2.45) is 5.73 Å².